The number of aryl methyl sites for hydroxylation is 3. The number of benzene rings is 1. The van der Waals surface area contributed by atoms with E-state index in [0.717, 1.165) is 22.4 Å². The van der Waals surface area contributed by atoms with Crippen molar-refractivity contribution in [2.75, 3.05) is 0 Å². The van der Waals surface area contributed by atoms with Gasteiger partial charge >= 0.3 is 0 Å². The van der Waals surface area contributed by atoms with Gasteiger partial charge in [0.1, 0.15) is 11.6 Å². The first kappa shape index (κ1) is 13.3. The molecule has 1 aromatic heterocycles. The number of H-pyrrole nitrogens is 1. The molecule has 0 fully saturated rings. The Kier molecular flexibility index (Phi) is 2.95. The van der Waals surface area contributed by atoms with Crippen molar-refractivity contribution < 1.29 is 4.74 Å². The number of aromatic amines is 1. The summed E-state index contributed by atoms with van der Waals surface area (Å²) in [4.78, 5) is 0. The molecule has 5 nitrogen and oxygen atoms in total. The van der Waals surface area contributed by atoms with Crippen LogP contribution in [0.15, 0.2) is 29.7 Å². The van der Waals surface area contributed by atoms with E-state index in [-0.39, 0.29) is 11.8 Å². The molecule has 0 amide bonds. The molecule has 5 heteroatoms. The number of nitrogens with two attached hydrogens (primary N) is 1. The van der Waals surface area contributed by atoms with Crippen LogP contribution in [0.4, 0.5) is 0 Å². The second-order valence-corrected chi connectivity index (χ2v) is 5.35. The average molecular weight is 280 g/mol. The van der Waals surface area contributed by atoms with E-state index in [2.05, 4.69) is 22.3 Å². The van der Waals surface area contributed by atoms with Crippen LogP contribution in [-0.2, 0) is 0 Å². The van der Waals surface area contributed by atoms with Gasteiger partial charge < -0.3 is 10.5 Å². The van der Waals surface area contributed by atoms with Gasteiger partial charge in [0.15, 0.2) is 0 Å². The summed E-state index contributed by atoms with van der Waals surface area (Å²) in [5.41, 5.74) is 11.5. The van der Waals surface area contributed by atoms with E-state index in [4.69, 9.17) is 10.5 Å². The van der Waals surface area contributed by atoms with Crippen molar-refractivity contribution in [3.63, 3.8) is 0 Å². The zero-order valence-electron chi connectivity index (χ0n) is 12.2. The summed E-state index contributed by atoms with van der Waals surface area (Å²) < 4.78 is 5.46. The fourth-order valence-corrected chi connectivity index (χ4v) is 2.86. The van der Waals surface area contributed by atoms with E-state index in [0.29, 0.717) is 11.5 Å². The normalized spacial score (nSPS) is 17.1. The van der Waals surface area contributed by atoms with Gasteiger partial charge in [-0.25, -0.2) is 0 Å². The number of rotatable bonds is 1. The molecule has 0 unspecified atom stereocenters. The van der Waals surface area contributed by atoms with Gasteiger partial charge in [0.05, 0.1) is 5.92 Å². The first-order valence-electron chi connectivity index (χ1n) is 6.72. The highest BCUT2D eigenvalue weighted by molar-refractivity contribution is 5.56. The predicted octanol–water partition coefficient (Wildman–Crippen LogP) is 2.55. The van der Waals surface area contributed by atoms with Crippen molar-refractivity contribution in [1.82, 2.24) is 10.2 Å². The van der Waals surface area contributed by atoms with E-state index in [1.54, 1.807) is 0 Å². The molecule has 3 rings (SSSR count). The molecule has 0 aliphatic carbocycles. The van der Waals surface area contributed by atoms with Gasteiger partial charge in [0, 0.05) is 11.3 Å². The van der Waals surface area contributed by atoms with Crippen molar-refractivity contribution >= 4 is 0 Å². The van der Waals surface area contributed by atoms with Crippen LogP contribution in [0.2, 0.25) is 0 Å². The van der Waals surface area contributed by atoms with Crippen molar-refractivity contribution in [1.29, 1.82) is 5.26 Å². The fourth-order valence-electron chi connectivity index (χ4n) is 2.86. The zero-order chi connectivity index (χ0) is 15.1. The minimum Gasteiger partial charge on any atom is -0.420 e. The summed E-state index contributed by atoms with van der Waals surface area (Å²) in [5, 5.41) is 16.5. The molecule has 1 aliphatic heterocycles. The van der Waals surface area contributed by atoms with Crippen LogP contribution in [0.3, 0.4) is 0 Å². The lowest BCUT2D eigenvalue weighted by Crippen LogP contribution is -2.21. The molecule has 106 valence electrons. The van der Waals surface area contributed by atoms with Crippen LogP contribution >= 0.6 is 0 Å². The Hall–Kier alpha value is -2.74. The molecule has 0 spiro atoms. The number of hydrogen-bond acceptors (Lipinski definition) is 4. The van der Waals surface area contributed by atoms with Gasteiger partial charge in [0.2, 0.25) is 11.8 Å². The van der Waals surface area contributed by atoms with Crippen LogP contribution < -0.4 is 10.5 Å². The lowest BCUT2D eigenvalue weighted by atomic mass is 9.82. The van der Waals surface area contributed by atoms with Gasteiger partial charge in [-0.15, -0.1) is 5.10 Å². The third-order valence-electron chi connectivity index (χ3n) is 3.87. The van der Waals surface area contributed by atoms with Gasteiger partial charge in [-0.1, -0.05) is 23.8 Å². The fraction of sp³-hybridized carbons (Fsp3) is 0.250. The number of hydrogen-bond donors (Lipinski definition) is 2. The third-order valence-corrected chi connectivity index (χ3v) is 3.87. The molecule has 21 heavy (non-hydrogen) atoms. The Morgan fingerprint density at radius 3 is 2.76 bits per heavy atom. The van der Waals surface area contributed by atoms with Crippen LogP contribution in [-0.4, -0.2) is 10.2 Å². The predicted molar refractivity (Wildman–Crippen MR) is 78.5 cm³/mol. The number of ether oxygens (including phenoxy) is 1. The number of nitriles is 1. The van der Waals surface area contributed by atoms with Crippen LogP contribution in [0.1, 0.15) is 33.9 Å². The van der Waals surface area contributed by atoms with Crippen LogP contribution in [0, 0.1) is 32.1 Å². The Labute approximate surface area is 123 Å². The second-order valence-electron chi connectivity index (χ2n) is 5.35. The third kappa shape index (κ3) is 1.96. The maximum Gasteiger partial charge on any atom is 0.244 e. The molecule has 0 bridgehead atoms. The topological polar surface area (TPSA) is 87.7 Å². The van der Waals surface area contributed by atoms with E-state index >= 15 is 0 Å². The smallest absolute Gasteiger partial charge is 0.244 e. The molecule has 2 aromatic rings. The van der Waals surface area contributed by atoms with Gasteiger partial charge in [-0.05, 0) is 31.9 Å². The molecule has 1 aliphatic rings. The molecule has 2 heterocycles. The SMILES string of the molecule is Cc1ccc([C@@H]2C(C#N)=C(N)Oc3n[nH]c(C)c32)c(C)c1. The van der Waals surface area contributed by atoms with Gasteiger partial charge in [0.25, 0.3) is 0 Å². The van der Waals surface area contributed by atoms with E-state index in [1.165, 1.54) is 5.56 Å². The molecule has 1 atom stereocenters. The number of fused-ring (bicyclic) bond motifs is 1. The Balaban J connectivity index is 2.27. The molecule has 1 aromatic carbocycles. The maximum absolute atomic E-state index is 9.49. The molecular weight excluding hydrogens is 264 g/mol. The van der Waals surface area contributed by atoms with Crippen molar-refractivity contribution in [3.05, 3.63) is 57.6 Å². The first-order chi connectivity index (χ1) is 10.0. The monoisotopic (exact) mass is 280 g/mol. The highest BCUT2D eigenvalue weighted by atomic mass is 16.5. The van der Waals surface area contributed by atoms with Gasteiger partial charge in [-0.3, -0.25) is 5.10 Å². The van der Waals surface area contributed by atoms with E-state index < -0.39 is 0 Å². The zero-order valence-corrected chi connectivity index (χ0v) is 12.2. The Morgan fingerprint density at radius 1 is 1.33 bits per heavy atom. The molecule has 0 radical (unpaired) electrons. The Morgan fingerprint density at radius 2 is 2.10 bits per heavy atom. The average Bonchev–Trinajstić information content (AvgIpc) is 2.79. The maximum atomic E-state index is 9.49. The number of nitrogens with zero attached hydrogens (tertiary/aromatic N) is 2. The lowest BCUT2D eigenvalue weighted by molar-refractivity contribution is 0.378. The summed E-state index contributed by atoms with van der Waals surface area (Å²) in [7, 11) is 0. The number of nitrogens with one attached hydrogen (secondary N) is 1. The summed E-state index contributed by atoms with van der Waals surface area (Å²) in [6, 6.07) is 8.38. The quantitative estimate of drug-likeness (QED) is 0.840. The standard InChI is InChI=1S/C16H16N4O/c1-8-4-5-11(9(2)6-8)14-12(7-17)15(18)21-16-13(14)10(3)19-20-16/h4-6,14H,18H2,1-3H3,(H,19,20)/t14-/m1/s1. The van der Waals surface area contributed by atoms with E-state index in [1.807, 2.05) is 32.9 Å². The number of aromatic nitrogens is 2. The number of allylic oxidation sites excluding steroid dienone is 1. The van der Waals surface area contributed by atoms with Crippen molar-refractivity contribution in [3.8, 4) is 11.9 Å². The van der Waals surface area contributed by atoms with Crippen molar-refractivity contribution in [2.45, 2.75) is 26.7 Å². The minimum absolute atomic E-state index is 0.126. The molecular formula is C16H16N4O. The highest BCUT2D eigenvalue weighted by Gasteiger charge is 2.34. The summed E-state index contributed by atoms with van der Waals surface area (Å²) in [6.07, 6.45) is 0. The largest absolute Gasteiger partial charge is 0.420 e. The Bertz CT molecular complexity index is 795. The lowest BCUT2D eigenvalue weighted by Gasteiger charge is -2.25. The minimum atomic E-state index is -0.238. The second kappa shape index (κ2) is 4.67. The highest BCUT2D eigenvalue weighted by Crippen LogP contribution is 2.43. The molecule has 0 saturated carbocycles. The summed E-state index contributed by atoms with van der Waals surface area (Å²) in [6.45, 7) is 6.00. The summed E-state index contributed by atoms with van der Waals surface area (Å²) in [5.74, 6) is 0.341. The molecule has 3 N–H and O–H groups in total. The van der Waals surface area contributed by atoms with Crippen molar-refractivity contribution in [2.24, 2.45) is 5.73 Å². The van der Waals surface area contributed by atoms with Gasteiger partial charge in [-0.2, -0.15) is 5.26 Å². The molecule has 0 saturated heterocycles. The van der Waals surface area contributed by atoms with Crippen LogP contribution in [0.25, 0.3) is 0 Å². The first-order valence-corrected chi connectivity index (χ1v) is 6.72. The van der Waals surface area contributed by atoms with Crippen LogP contribution in [0.5, 0.6) is 5.88 Å². The van der Waals surface area contributed by atoms with E-state index in [9.17, 15) is 5.26 Å². The summed E-state index contributed by atoms with van der Waals surface area (Å²) >= 11 is 0.